The van der Waals surface area contributed by atoms with Crippen molar-refractivity contribution in [3.63, 3.8) is 0 Å². The Morgan fingerprint density at radius 3 is 2.80 bits per heavy atom. The molecule has 1 aromatic carbocycles. The normalized spacial score (nSPS) is 25.3. The Hall–Kier alpha value is -1.35. The number of hydrogen-bond acceptors (Lipinski definition) is 2. The summed E-state index contributed by atoms with van der Waals surface area (Å²) in [6.07, 6.45) is 0.602. The third-order valence-corrected chi connectivity index (χ3v) is 3.27. The third-order valence-electron chi connectivity index (χ3n) is 3.27. The van der Waals surface area contributed by atoms with Crippen molar-refractivity contribution in [2.75, 3.05) is 18.5 Å². The second-order valence-electron chi connectivity index (χ2n) is 4.24. The van der Waals surface area contributed by atoms with Gasteiger partial charge in [0.1, 0.15) is 0 Å². The molecule has 2 heterocycles. The number of nitrogens with one attached hydrogen (secondary N) is 1. The van der Waals surface area contributed by atoms with Crippen LogP contribution in [-0.2, 0) is 9.53 Å². The van der Waals surface area contributed by atoms with E-state index < -0.39 is 0 Å². The van der Waals surface area contributed by atoms with E-state index in [0.717, 1.165) is 18.9 Å². The maximum absolute atomic E-state index is 11.5. The van der Waals surface area contributed by atoms with Crippen LogP contribution in [0.2, 0.25) is 0 Å². The van der Waals surface area contributed by atoms with Crippen LogP contribution in [-0.4, -0.2) is 19.1 Å². The number of benzene rings is 1. The van der Waals surface area contributed by atoms with E-state index in [9.17, 15) is 4.79 Å². The lowest BCUT2D eigenvalue weighted by Gasteiger charge is -2.36. The highest BCUT2D eigenvalue weighted by atomic mass is 16.5. The lowest BCUT2D eigenvalue weighted by Crippen LogP contribution is -2.37. The largest absolute Gasteiger partial charge is 0.381 e. The molecule has 3 nitrogen and oxygen atoms in total. The van der Waals surface area contributed by atoms with Crippen LogP contribution in [0.4, 0.5) is 5.69 Å². The quantitative estimate of drug-likeness (QED) is 0.755. The minimum Gasteiger partial charge on any atom is -0.381 e. The Balaban J connectivity index is 1.98. The summed E-state index contributed by atoms with van der Waals surface area (Å²) in [6, 6.07) is 8.07. The summed E-state index contributed by atoms with van der Waals surface area (Å²) in [5.74, 6) is 1.01. The average Bonchev–Trinajstić information content (AvgIpc) is 2.14. The van der Waals surface area contributed by atoms with E-state index >= 15 is 0 Å². The van der Waals surface area contributed by atoms with Crippen LogP contribution in [0.15, 0.2) is 24.3 Å². The SMILES string of the molecule is O=C1CC(C2COC2)c2ccccc2N1. The fraction of sp³-hybridized carbons (Fsp3) is 0.417. The summed E-state index contributed by atoms with van der Waals surface area (Å²) in [4.78, 5) is 11.5. The first-order chi connectivity index (χ1) is 7.34. The van der Waals surface area contributed by atoms with Crippen molar-refractivity contribution in [2.24, 2.45) is 5.92 Å². The van der Waals surface area contributed by atoms with E-state index in [4.69, 9.17) is 4.74 Å². The fourth-order valence-corrected chi connectivity index (χ4v) is 2.35. The van der Waals surface area contributed by atoms with Gasteiger partial charge in [0.15, 0.2) is 0 Å². The van der Waals surface area contributed by atoms with Crippen LogP contribution in [0.25, 0.3) is 0 Å². The Labute approximate surface area is 88.4 Å². The molecule has 1 saturated heterocycles. The van der Waals surface area contributed by atoms with Crippen molar-refractivity contribution in [2.45, 2.75) is 12.3 Å². The van der Waals surface area contributed by atoms with Gasteiger partial charge in [-0.25, -0.2) is 0 Å². The third kappa shape index (κ3) is 1.43. The Morgan fingerprint density at radius 1 is 1.27 bits per heavy atom. The van der Waals surface area contributed by atoms with Crippen molar-refractivity contribution in [1.29, 1.82) is 0 Å². The fourth-order valence-electron chi connectivity index (χ4n) is 2.35. The zero-order chi connectivity index (χ0) is 10.3. The molecule has 1 aromatic rings. The first-order valence-electron chi connectivity index (χ1n) is 5.31. The predicted molar refractivity (Wildman–Crippen MR) is 56.7 cm³/mol. The van der Waals surface area contributed by atoms with Gasteiger partial charge in [-0.2, -0.15) is 0 Å². The van der Waals surface area contributed by atoms with E-state index in [1.54, 1.807) is 0 Å². The topological polar surface area (TPSA) is 38.3 Å². The minimum atomic E-state index is 0.130. The summed E-state index contributed by atoms with van der Waals surface area (Å²) in [6.45, 7) is 1.60. The number of anilines is 1. The molecule has 2 aliphatic heterocycles. The summed E-state index contributed by atoms with van der Waals surface area (Å²) < 4.78 is 5.21. The Morgan fingerprint density at radius 2 is 2.07 bits per heavy atom. The van der Waals surface area contributed by atoms with Gasteiger partial charge < -0.3 is 10.1 Å². The van der Waals surface area contributed by atoms with E-state index in [-0.39, 0.29) is 5.91 Å². The van der Waals surface area contributed by atoms with Gasteiger partial charge in [-0.3, -0.25) is 4.79 Å². The van der Waals surface area contributed by atoms with Gasteiger partial charge in [0.05, 0.1) is 13.2 Å². The number of carbonyl (C=O) groups excluding carboxylic acids is 1. The molecule has 1 atom stereocenters. The van der Waals surface area contributed by atoms with Gasteiger partial charge in [0, 0.05) is 23.9 Å². The zero-order valence-electron chi connectivity index (χ0n) is 8.40. The highest BCUT2D eigenvalue weighted by molar-refractivity contribution is 5.94. The second kappa shape index (κ2) is 3.35. The summed E-state index contributed by atoms with van der Waals surface area (Å²) in [7, 11) is 0. The molecule has 0 aromatic heterocycles. The van der Waals surface area contributed by atoms with Crippen LogP contribution in [0.3, 0.4) is 0 Å². The van der Waals surface area contributed by atoms with E-state index in [0.29, 0.717) is 18.3 Å². The molecule has 0 radical (unpaired) electrons. The first-order valence-corrected chi connectivity index (χ1v) is 5.31. The molecular weight excluding hydrogens is 190 g/mol. The van der Waals surface area contributed by atoms with Gasteiger partial charge >= 0.3 is 0 Å². The lowest BCUT2D eigenvalue weighted by atomic mass is 9.79. The molecule has 0 aliphatic carbocycles. The molecule has 3 heteroatoms. The number of ether oxygens (including phenoxy) is 1. The average molecular weight is 203 g/mol. The number of para-hydroxylation sites is 1. The summed E-state index contributed by atoms with van der Waals surface area (Å²) in [5, 5.41) is 2.91. The standard InChI is InChI=1S/C12H13NO2/c14-12-5-10(8-6-15-7-8)9-3-1-2-4-11(9)13-12/h1-4,8,10H,5-7H2,(H,13,14). The van der Waals surface area contributed by atoms with Gasteiger partial charge in [-0.15, -0.1) is 0 Å². The molecule has 0 bridgehead atoms. The number of hydrogen-bond donors (Lipinski definition) is 1. The summed E-state index contributed by atoms with van der Waals surface area (Å²) >= 11 is 0. The van der Waals surface area contributed by atoms with E-state index in [1.165, 1.54) is 5.56 Å². The molecule has 3 rings (SSSR count). The molecule has 15 heavy (non-hydrogen) atoms. The molecule has 0 saturated carbocycles. The Kier molecular flexibility index (Phi) is 1.99. The first kappa shape index (κ1) is 8.92. The molecule has 1 amide bonds. The van der Waals surface area contributed by atoms with Crippen molar-refractivity contribution in [1.82, 2.24) is 0 Å². The molecular formula is C12H13NO2. The smallest absolute Gasteiger partial charge is 0.225 e. The van der Waals surface area contributed by atoms with Crippen molar-refractivity contribution in [3.8, 4) is 0 Å². The maximum atomic E-state index is 11.5. The number of fused-ring (bicyclic) bond motifs is 1. The van der Waals surface area contributed by atoms with Crippen LogP contribution >= 0.6 is 0 Å². The van der Waals surface area contributed by atoms with Gasteiger partial charge in [0.25, 0.3) is 0 Å². The van der Waals surface area contributed by atoms with Gasteiger partial charge in [-0.1, -0.05) is 18.2 Å². The van der Waals surface area contributed by atoms with Crippen molar-refractivity contribution < 1.29 is 9.53 Å². The Bertz CT molecular complexity index is 398. The zero-order valence-corrected chi connectivity index (χ0v) is 8.40. The van der Waals surface area contributed by atoms with Crippen LogP contribution in [0.1, 0.15) is 17.9 Å². The number of carbonyl (C=O) groups is 1. The number of amides is 1. The molecule has 0 spiro atoms. The number of rotatable bonds is 1. The van der Waals surface area contributed by atoms with Crippen molar-refractivity contribution >= 4 is 11.6 Å². The molecule has 1 fully saturated rings. The molecule has 2 aliphatic rings. The van der Waals surface area contributed by atoms with Crippen molar-refractivity contribution in [3.05, 3.63) is 29.8 Å². The van der Waals surface area contributed by atoms with Gasteiger partial charge in [0.2, 0.25) is 5.91 Å². The maximum Gasteiger partial charge on any atom is 0.225 e. The molecule has 78 valence electrons. The monoisotopic (exact) mass is 203 g/mol. The lowest BCUT2D eigenvalue weighted by molar-refractivity contribution is -0.118. The van der Waals surface area contributed by atoms with Crippen LogP contribution in [0.5, 0.6) is 0 Å². The van der Waals surface area contributed by atoms with Crippen LogP contribution in [0, 0.1) is 5.92 Å². The van der Waals surface area contributed by atoms with Crippen LogP contribution < -0.4 is 5.32 Å². The minimum absolute atomic E-state index is 0.130. The predicted octanol–water partition coefficient (Wildman–Crippen LogP) is 1.76. The molecule has 1 N–H and O–H groups in total. The van der Waals surface area contributed by atoms with E-state index in [2.05, 4.69) is 11.4 Å². The van der Waals surface area contributed by atoms with Gasteiger partial charge in [-0.05, 0) is 11.6 Å². The highest BCUT2D eigenvalue weighted by Gasteiger charge is 2.35. The second-order valence-corrected chi connectivity index (χ2v) is 4.24. The van der Waals surface area contributed by atoms with E-state index in [1.807, 2.05) is 18.2 Å². The molecule has 1 unspecified atom stereocenters. The highest BCUT2D eigenvalue weighted by Crippen LogP contribution is 2.39. The summed E-state index contributed by atoms with van der Waals surface area (Å²) in [5.41, 5.74) is 2.25.